The van der Waals surface area contributed by atoms with E-state index in [1.807, 2.05) is 0 Å². The van der Waals surface area contributed by atoms with Gasteiger partial charge < -0.3 is 10.5 Å². The van der Waals surface area contributed by atoms with E-state index < -0.39 is 0 Å². The fourth-order valence-electron chi connectivity index (χ4n) is 0.533. The van der Waals surface area contributed by atoms with Gasteiger partial charge in [0, 0.05) is 13.7 Å². The molecule has 0 amide bonds. The van der Waals surface area contributed by atoms with E-state index >= 15 is 0 Å². The van der Waals surface area contributed by atoms with Gasteiger partial charge in [-0.1, -0.05) is 18.2 Å². The quantitative estimate of drug-likeness (QED) is 0.730. The second-order valence-corrected chi connectivity index (χ2v) is 2.08. The van der Waals surface area contributed by atoms with Gasteiger partial charge in [-0.15, -0.1) is 0 Å². The van der Waals surface area contributed by atoms with Crippen LogP contribution in [0.3, 0.4) is 0 Å². The number of hydrogen-bond donors (Lipinski definition) is 1. The van der Waals surface area contributed by atoms with Gasteiger partial charge in [-0.25, -0.2) is 4.39 Å². The highest BCUT2D eigenvalue weighted by molar-refractivity contribution is 5.02. The molecule has 68 valence electrons. The summed E-state index contributed by atoms with van der Waals surface area (Å²) in [6, 6.07) is 7.94. The van der Waals surface area contributed by atoms with Crippen LogP contribution in [0.5, 0.6) is 0 Å². The summed E-state index contributed by atoms with van der Waals surface area (Å²) in [6.45, 7) is 1.29. The van der Waals surface area contributed by atoms with Crippen molar-refractivity contribution in [1.82, 2.24) is 0 Å². The molecule has 12 heavy (non-hydrogen) atoms. The molecule has 3 heteroatoms. The van der Waals surface area contributed by atoms with E-state index in [2.05, 4.69) is 4.74 Å². The molecule has 0 aliphatic rings. The summed E-state index contributed by atoms with van der Waals surface area (Å²) >= 11 is 0. The van der Waals surface area contributed by atoms with Crippen molar-refractivity contribution in [2.24, 2.45) is 5.73 Å². The maximum absolute atomic E-state index is 11.9. The van der Waals surface area contributed by atoms with E-state index in [9.17, 15) is 4.39 Å². The Balaban J connectivity index is 0.000000217. The molecule has 0 unspecified atom stereocenters. The van der Waals surface area contributed by atoms with Crippen molar-refractivity contribution < 1.29 is 9.13 Å². The molecular weight excluding hydrogens is 157 g/mol. The predicted molar refractivity (Wildman–Crippen MR) is 47.3 cm³/mol. The second-order valence-electron chi connectivity index (χ2n) is 2.08. The zero-order chi connectivity index (χ0) is 9.23. The summed E-state index contributed by atoms with van der Waals surface area (Å²) in [6.07, 6.45) is 0. The predicted octanol–water partition coefficient (Wildman–Crippen LogP) is 1.42. The minimum Gasteiger partial charge on any atom is -0.383 e. The summed E-state index contributed by atoms with van der Waals surface area (Å²) in [4.78, 5) is 0. The first-order chi connectivity index (χ1) is 5.81. The molecule has 0 fully saturated rings. The minimum atomic E-state index is -0.178. The van der Waals surface area contributed by atoms with E-state index in [1.54, 1.807) is 25.3 Å². The molecule has 0 saturated heterocycles. The first-order valence-corrected chi connectivity index (χ1v) is 3.70. The first-order valence-electron chi connectivity index (χ1n) is 3.70. The van der Waals surface area contributed by atoms with Crippen LogP contribution in [0.2, 0.25) is 0 Å². The Kier molecular flexibility index (Phi) is 7.54. The SMILES string of the molecule is COCCN.Fc1ccccc1. The molecule has 0 bridgehead atoms. The summed E-state index contributed by atoms with van der Waals surface area (Å²) in [5.74, 6) is -0.178. The van der Waals surface area contributed by atoms with Gasteiger partial charge in [0.1, 0.15) is 5.82 Å². The largest absolute Gasteiger partial charge is 0.383 e. The van der Waals surface area contributed by atoms with Crippen molar-refractivity contribution in [1.29, 1.82) is 0 Å². The first kappa shape index (κ1) is 11.1. The Morgan fingerprint density at radius 2 is 1.92 bits per heavy atom. The van der Waals surface area contributed by atoms with Crippen LogP contribution in [0.25, 0.3) is 0 Å². The van der Waals surface area contributed by atoms with Crippen LogP contribution >= 0.6 is 0 Å². The van der Waals surface area contributed by atoms with Crippen LogP contribution in [0.15, 0.2) is 30.3 Å². The van der Waals surface area contributed by atoms with Crippen molar-refractivity contribution in [3.8, 4) is 0 Å². The van der Waals surface area contributed by atoms with Crippen LogP contribution in [-0.4, -0.2) is 20.3 Å². The van der Waals surface area contributed by atoms with Crippen LogP contribution in [-0.2, 0) is 4.74 Å². The maximum Gasteiger partial charge on any atom is 0.123 e. The molecule has 0 saturated carbocycles. The molecule has 0 aromatic heterocycles. The highest BCUT2D eigenvalue weighted by Crippen LogP contribution is 1.91. The fourth-order valence-corrected chi connectivity index (χ4v) is 0.533. The Bertz CT molecular complexity index is 177. The van der Waals surface area contributed by atoms with Crippen LogP contribution in [0.1, 0.15) is 0 Å². The highest BCUT2D eigenvalue weighted by atomic mass is 19.1. The van der Waals surface area contributed by atoms with Crippen molar-refractivity contribution in [3.05, 3.63) is 36.1 Å². The second kappa shape index (κ2) is 8.17. The fraction of sp³-hybridized carbons (Fsp3) is 0.333. The molecule has 2 N–H and O–H groups in total. The third-order valence-corrected chi connectivity index (χ3v) is 1.06. The van der Waals surface area contributed by atoms with E-state index in [-0.39, 0.29) is 5.82 Å². The number of nitrogens with two attached hydrogens (primary N) is 1. The zero-order valence-electron chi connectivity index (χ0n) is 7.16. The molecule has 0 atom stereocenters. The van der Waals surface area contributed by atoms with Crippen molar-refractivity contribution in [2.45, 2.75) is 0 Å². The minimum absolute atomic E-state index is 0.178. The average molecular weight is 171 g/mol. The van der Waals surface area contributed by atoms with Crippen LogP contribution in [0, 0.1) is 5.82 Å². The summed E-state index contributed by atoms with van der Waals surface area (Å²) in [5.41, 5.74) is 5.01. The number of hydrogen-bond acceptors (Lipinski definition) is 2. The lowest BCUT2D eigenvalue weighted by atomic mass is 10.4. The van der Waals surface area contributed by atoms with Crippen molar-refractivity contribution in [2.75, 3.05) is 20.3 Å². The number of benzene rings is 1. The highest BCUT2D eigenvalue weighted by Gasteiger charge is 1.77. The average Bonchev–Trinajstić information content (AvgIpc) is 2.08. The van der Waals surface area contributed by atoms with Gasteiger partial charge in [0.15, 0.2) is 0 Å². The van der Waals surface area contributed by atoms with Crippen molar-refractivity contribution in [3.63, 3.8) is 0 Å². The normalized spacial score (nSPS) is 8.58. The van der Waals surface area contributed by atoms with Crippen LogP contribution in [0.4, 0.5) is 4.39 Å². The molecule has 0 aliphatic heterocycles. The van der Waals surface area contributed by atoms with E-state index in [4.69, 9.17) is 5.73 Å². The molecule has 1 aromatic carbocycles. The van der Waals surface area contributed by atoms with E-state index in [0.29, 0.717) is 13.2 Å². The molecule has 0 spiro atoms. The molecule has 0 aliphatic carbocycles. The summed E-state index contributed by atoms with van der Waals surface area (Å²) in [7, 11) is 1.63. The molecule has 1 aromatic rings. The topological polar surface area (TPSA) is 35.2 Å². The Morgan fingerprint density at radius 3 is 2.08 bits per heavy atom. The number of methoxy groups -OCH3 is 1. The van der Waals surface area contributed by atoms with Crippen LogP contribution < -0.4 is 5.73 Å². The lowest BCUT2D eigenvalue weighted by Crippen LogP contribution is -2.05. The zero-order valence-corrected chi connectivity index (χ0v) is 7.16. The smallest absolute Gasteiger partial charge is 0.123 e. The van der Waals surface area contributed by atoms with Gasteiger partial charge in [0.05, 0.1) is 6.61 Å². The molecular formula is C9H14FNO. The molecule has 1 rings (SSSR count). The third-order valence-electron chi connectivity index (χ3n) is 1.06. The standard InChI is InChI=1S/C6H5F.C3H9NO/c7-6-4-2-1-3-5-6;1-5-3-2-4/h1-5H;2-4H2,1H3. The lowest BCUT2D eigenvalue weighted by molar-refractivity contribution is 0.207. The van der Waals surface area contributed by atoms with Gasteiger partial charge in [0.2, 0.25) is 0 Å². The summed E-state index contributed by atoms with van der Waals surface area (Å²) in [5, 5.41) is 0. The number of rotatable bonds is 2. The van der Waals surface area contributed by atoms with Gasteiger partial charge in [-0.3, -0.25) is 0 Å². The Hall–Kier alpha value is -0.930. The van der Waals surface area contributed by atoms with Gasteiger partial charge in [-0.2, -0.15) is 0 Å². The monoisotopic (exact) mass is 171 g/mol. The Labute approximate surface area is 72.2 Å². The molecule has 0 radical (unpaired) electrons. The third kappa shape index (κ3) is 7.18. The number of ether oxygens (including phenoxy) is 1. The lowest BCUT2D eigenvalue weighted by Gasteiger charge is -1.85. The van der Waals surface area contributed by atoms with Gasteiger partial charge in [0.25, 0.3) is 0 Å². The summed E-state index contributed by atoms with van der Waals surface area (Å²) < 4.78 is 16.5. The Morgan fingerprint density at radius 1 is 1.33 bits per heavy atom. The van der Waals surface area contributed by atoms with Gasteiger partial charge in [-0.05, 0) is 12.1 Å². The van der Waals surface area contributed by atoms with E-state index in [1.165, 1.54) is 12.1 Å². The van der Waals surface area contributed by atoms with E-state index in [0.717, 1.165) is 0 Å². The van der Waals surface area contributed by atoms with Gasteiger partial charge >= 0.3 is 0 Å². The molecule has 2 nitrogen and oxygen atoms in total. The number of halogens is 1. The van der Waals surface area contributed by atoms with Crippen molar-refractivity contribution >= 4 is 0 Å². The molecule has 0 heterocycles. The maximum atomic E-state index is 11.9.